The predicted molar refractivity (Wildman–Crippen MR) is 126 cm³/mol. The largest absolute Gasteiger partial charge is 0.379 e. The van der Waals surface area contributed by atoms with E-state index in [1.165, 1.54) is 0 Å². The molecule has 1 aromatic carbocycles. The first-order valence-corrected chi connectivity index (χ1v) is 11.5. The molecule has 5 rings (SSSR count). The second-order valence-electron chi connectivity index (χ2n) is 8.42. The summed E-state index contributed by atoms with van der Waals surface area (Å²) in [6.07, 6.45) is 4.47. The lowest BCUT2D eigenvalue weighted by atomic mass is 10.1. The summed E-state index contributed by atoms with van der Waals surface area (Å²) in [5.74, 6) is 0.408. The third-order valence-corrected chi connectivity index (χ3v) is 6.17. The second kappa shape index (κ2) is 9.68. The molecule has 2 aromatic heterocycles. The van der Waals surface area contributed by atoms with Crippen LogP contribution in [0.15, 0.2) is 36.5 Å². The van der Waals surface area contributed by atoms with Crippen molar-refractivity contribution in [3.8, 4) is 11.4 Å². The number of carbonyl (C=O) groups is 1. The zero-order valence-electron chi connectivity index (χ0n) is 18.9. The number of carbonyl (C=O) groups excluding carboxylic acids is 1. The summed E-state index contributed by atoms with van der Waals surface area (Å²) in [5.41, 5.74) is 5.21. The first-order valence-electron chi connectivity index (χ1n) is 11.5. The van der Waals surface area contributed by atoms with Crippen LogP contribution in [0.3, 0.4) is 0 Å². The number of morpholine rings is 1. The van der Waals surface area contributed by atoms with Crippen LogP contribution in [0.4, 0.5) is 11.6 Å². The lowest BCUT2D eigenvalue weighted by Crippen LogP contribution is -2.41. The van der Waals surface area contributed by atoms with Crippen molar-refractivity contribution in [3.05, 3.63) is 53.3 Å². The minimum absolute atomic E-state index is 0.125. The van der Waals surface area contributed by atoms with Crippen molar-refractivity contribution < 1.29 is 9.53 Å². The van der Waals surface area contributed by atoms with Gasteiger partial charge in [0.25, 0.3) is 5.91 Å². The lowest BCUT2D eigenvalue weighted by Gasteiger charge is -2.26. The molecule has 9 heteroatoms. The Bertz CT molecular complexity index is 1120. The summed E-state index contributed by atoms with van der Waals surface area (Å²) in [6, 6.07) is 9.86. The maximum Gasteiger partial charge on any atom is 0.272 e. The molecule has 1 aliphatic heterocycles. The van der Waals surface area contributed by atoms with Crippen molar-refractivity contribution in [2.45, 2.75) is 19.3 Å². The van der Waals surface area contributed by atoms with Crippen LogP contribution in [0.1, 0.15) is 28.0 Å². The van der Waals surface area contributed by atoms with E-state index < -0.39 is 0 Å². The molecule has 1 fully saturated rings. The van der Waals surface area contributed by atoms with Crippen LogP contribution in [0.2, 0.25) is 0 Å². The number of hydrogen-bond donors (Lipinski definition) is 2. The van der Waals surface area contributed by atoms with E-state index in [4.69, 9.17) is 9.72 Å². The van der Waals surface area contributed by atoms with E-state index in [1.807, 2.05) is 43.6 Å². The van der Waals surface area contributed by atoms with Crippen molar-refractivity contribution in [1.29, 1.82) is 0 Å². The molecule has 3 heterocycles. The summed E-state index contributed by atoms with van der Waals surface area (Å²) in [6.45, 7) is 4.73. The van der Waals surface area contributed by atoms with Crippen LogP contribution < -0.4 is 10.6 Å². The van der Waals surface area contributed by atoms with Gasteiger partial charge in [-0.3, -0.25) is 14.4 Å². The van der Waals surface area contributed by atoms with E-state index in [0.717, 1.165) is 80.3 Å². The van der Waals surface area contributed by atoms with Gasteiger partial charge in [0.1, 0.15) is 0 Å². The Morgan fingerprint density at radius 2 is 1.97 bits per heavy atom. The number of amides is 1. The molecule has 2 N–H and O–H groups in total. The van der Waals surface area contributed by atoms with Crippen molar-refractivity contribution in [1.82, 2.24) is 30.0 Å². The molecule has 9 nitrogen and oxygen atoms in total. The minimum Gasteiger partial charge on any atom is -0.379 e. The fourth-order valence-electron chi connectivity index (χ4n) is 4.48. The molecule has 1 amide bonds. The fraction of sp³-hybridized carbons (Fsp3) is 0.417. The second-order valence-corrected chi connectivity index (χ2v) is 8.42. The smallest absolute Gasteiger partial charge is 0.272 e. The van der Waals surface area contributed by atoms with Crippen LogP contribution in [0.25, 0.3) is 11.4 Å². The Balaban J connectivity index is 1.37. The molecule has 3 aromatic rings. The van der Waals surface area contributed by atoms with Crippen LogP contribution in [0.5, 0.6) is 0 Å². The molecule has 2 aliphatic rings. The molecular formula is C24H29N7O2. The molecule has 0 radical (unpaired) electrons. The highest BCUT2D eigenvalue weighted by atomic mass is 16.5. The van der Waals surface area contributed by atoms with Crippen LogP contribution in [-0.2, 0) is 24.6 Å². The number of aromatic nitrogens is 4. The molecular weight excluding hydrogens is 418 g/mol. The Morgan fingerprint density at radius 3 is 2.79 bits per heavy atom. The van der Waals surface area contributed by atoms with Gasteiger partial charge in [-0.15, -0.1) is 0 Å². The number of rotatable bonds is 6. The Labute approximate surface area is 193 Å². The summed E-state index contributed by atoms with van der Waals surface area (Å²) in [7, 11) is 1.88. The SMILES string of the molecule is Cn1nc(C(=O)NCCN2CCOCC2)c2c1-c1nc(Nc3ccccc3)ncc1CCC2. The maximum atomic E-state index is 13.0. The van der Waals surface area contributed by atoms with Crippen molar-refractivity contribution in [2.24, 2.45) is 7.05 Å². The Morgan fingerprint density at radius 1 is 1.15 bits per heavy atom. The van der Waals surface area contributed by atoms with E-state index in [0.29, 0.717) is 18.2 Å². The van der Waals surface area contributed by atoms with E-state index in [9.17, 15) is 4.79 Å². The zero-order valence-corrected chi connectivity index (χ0v) is 18.9. The number of para-hydroxylation sites is 1. The molecule has 0 spiro atoms. The summed E-state index contributed by atoms with van der Waals surface area (Å²) in [4.78, 5) is 24.7. The Kier molecular flexibility index (Phi) is 6.32. The predicted octanol–water partition coefficient (Wildman–Crippen LogP) is 2.17. The quantitative estimate of drug-likeness (QED) is 0.598. The normalized spacial score (nSPS) is 15.9. The van der Waals surface area contributed by atoms with Gasteiger partial charge in [-0.05, 0) is 37.0 Å². The van der Waals surface area contributed by atoms with Crippen molar-refractivity contribution >= 4 is 17.5 Å². The van der Waals surface area contributed by atoms with Crippen LogP contribution in [-0.4, -0.2) is 69.9 Å². The average Bonchev–Trinajstić information content (AvgIpc) is 3.04. The van der Waals surface area contributed by atoms with Crippen LogP contribution >= 0.6 is 0 Å². The molecule has 1 saturated heterocycles. The Hall–Kier alpha value is -3.30. The minimum atomic E-state index is -0.125. The lowest BCUT2D eigenvalue weighted by molar-refractivity contribution is 0.0383. The van der Waals surface area contributed by atoms with E-state index in [2.05, 4.69) is 25.6 Å². The van der Waals surface area contributed by atoms with Crippen LogP contribution in [0, 0.1) is 0 Å². The zero-order chi connectivity index (χ0) is 22.6. The van der Waals surface area contributed by atoms with E-state index >= 15 is 0 Å². The van der Waals surface area contributed by atoms with Crippen molar-refractivity contribution in [3.63, 3.8) is 0 Å². The van der Waals surface area contributed by atoms with Gasteiger partial charge in [0.15, 0.2) is 5.69 Å². The van der Waals surface area contributed by atoms with Gasteiger partial charge in [0.2, 0.25) is 5.95 Å². The highest BCUT2D eigenvalue weighted by Gasteiger charge is 2.27. The monoisotopic (exact) mass is 447 g/mol. The third-order valence-electron chi connectivity index (χ3n) is 6.17. The summed E-state index contributed by atoms with van der Waals surface area (Å²) in [5, 5.41) is 10.9. The van der Waals surface area contributed by atoms with Crippen molar-refractivity contribution in [2.75, 3.05) is 44.7 Å². The van der Waals surface area contributed by atoms with Gasteiger partial charge >= 0.3 is 0 Å². The maximum absolute atomic E-state index is 13.0. The molecule has 1 aliphatic carbocycles. The molecule has 0 saturated carbocycles. The standard InChI is InChI=1S/C24H29N7O2/c1-30-22-19(21(29-30)23(32)25-10-11-31-12-14-33-15-13-31)9-5-6-17-16-26-24(28-20(17)22)27-18-7-3-2-4-8-18/h2-4,7-8,16H,5-6,9-15H2,1H3,(H,25,32)(H,26,27,28). The first kappa shape index (κ1) is 21.5. The number of hydrogen-bond acceptors (Lipinski definition) is 7. The molecule has 0 atom stereocenters. The summed E-state index contributed by atoms with van der Waals surface area (Å²) >= 11 is 0. The fourth-order valence-corrected chi connectivity index (χ4v) is 4.48. The number of anilines is 2. The molecule has 0 bridgehead atoms. The number of nitrogens with zero attached hydrogens (tertiary/aromatic N) is 5. The highest BCUT2D eigenvalue weighted by molar-refractivity contribution is 5.95. The van der Waals surface area contributed by atoms with Gasteiger partial charge in [0.05, 0.1) is 24.6 Å². The number of ether oxygens (including phenoxy) is 1. The van der Waals surface area contributed by atoms with Gasteiger partial charge < -0.3 is 15.4 Å². The molecule has 172 valence electrons. The number of nitrogens with one attached hydrogen (secondary N) is 2. The number of benzene rings is 1. The highest BCUT2D eigenvalue weighted by Crippen LogP contribution is 2.33. The molecule has 33 heavy (non-hydrogen) atoms. The summed E-state index contributed by atoms with van der Waals surface area (Å²) < 4.78 is 7.17. The van der Waals surface area contributed by atoms with E-state index in [-0.39, 0.29) is 5.91 Å². The number of fused-ring (bicyclic) bond motifs is 3. The molecule has 0 unspecified atom stereocenters. The van der Waals surface area contributed by atoms with Gasteiger partial charge in [0, 0.05) is 50.7 Å². The third kappa shape index (κ3) is 4.74. The average molecular weight is 448 g/mol. The van der Waals surface area contributed by atoms with Gasteiger partial charge in [-0.25, -0.2) is 9.97 Å². The van der Waals surface area contributed by atoms with Gasteiger partial charge in [-0.2, -0.15) is 5.10 Å². The van der Waals surface area contributed by atoms with Gasteiger partial charge in [-0.1, -0.05) is 18.2 Å². The first-order chi connectivity index (χ1) is 16.2. The number of aryl methyl sites for hydroxylation is 2. The topological polar surface area (TPSA) is 97.2 Å². The van der Waals surface area contributed by atoms with E-state index in [1.54, 1.807) is 4.68 Å².